The molecule has 0 unspecified atom stereocenters. The molecule has 7 nitrogen and oxygen atoms in total. The molecule has 0 spiro atoms. The molecule has 0 aliphatic carbocycles. The molecule has 9 heteroatoms. The number of rotatable bonds is 7. The molecule has 148 valence electrons. The largest absolute Gasteiger partial charge is 0.494 e. The van der Waals surface area contributed by atoms with Gasteiger partial charge in [0.05, 0.1) is 16.8 Å². The van der Waals surface area contributed by atoms with E-state index in [9.17, 15) is 4.79 Å². The molecule has 1 aliphatic heterocycles. The number of nitrogens with zero attached hydrogens (tertiary/aromatic N) is 3. The first-order chi connectivity index (χ1) is 12.6. The number of ether oxygens (including phenoxy) is 3. The van der Waals surface area contributed by atoms with Crippen LogP contribution in [0.15, 0.2) is 30.2 Å². The van der Waals surface area contributed by atoms with Gasteiger partial charge in [-0.2, -0.15) is 0 Å². The first kappa shape index (κ1) is 21.3. The Morgan fingerprint density at radius 2 is 2.11 bits per heavy atom. The van der Waals surface area contributed by atoms with Crippen LogP contribution in [0.3, 0.4) is 0 Å². The van der Waals surface area contributed by atoms with E-state index < -0.39 is 0 Å². The van der Waals surface area contributed by atoms with E-state index in [0.29, 0.717) is 38.0 Å². The van der Waals surface area contributed by atoms with E-state index in [1.54, 1.807) is 4.90 Å². The standard InChI is InChI=1S/C18H23N3O4S.ClH/c1-4-24-13-5-6-14-16(11-13)26-18(19-14)21(8-7-20(2)3)17(22)15-12-23-9-10-25-15;/h5-6,11-12H,4,7-10H2,1-3H3;1H. The number of benzene rings is 1. The molecule has 1 aromatic carbocycles. The normalized spacial score (nSPS) is 13.4. The minimum Gasteiger partial charge on any atom is -0.494 e. The van der Waals surface area contributed by atoms with Crippen LogP contribution in [0.2, 0.25) is 0 Å². The summed E-state index contributed by atoms with van der Waals surface area (Å²) in [5, 5.41) is 0.635. The van der Waals surface area contributed by atoms with Gasteiger partial charge in [-0.15, -0.1) is 12.4 Å². The van der Waals surface area contributed by atoms with Gasteiger partial charge in [0, 0.05) is 13.1 Å². The highest BCUT2D eigenvalue weighted by Gasteiger charge is 2.26. The second-order valence-electron chi connectivity index (χ2n) is 6.02. The summed E-state index contributed by atoms with van der Waals surface area (Å²) in [6.45, 7) is 4.59. The number of anilines is 1. The average Bonchev–Trinajstić information content (AvgIpc) is 3.05. The minimum absolute atomic E-state index is 0. The summed E-state index contributed by atoms with van der Waals surface area (Å²) in [4.78, 5) is 21.2. The number of hydrogen-bond acceptors (Lipinski definition) is 7. The predicted molar refractivity (Wildman–Crippen MR) is 109 cm³/mol. The van der Waals surface area contributed by atoms with Crippen molar-refractivity contribution in [3.05, 3.63) is 30.2 Å². The Labute approximate surface area is 168 Å². The van der Waals surface area contributed by atoms with Crippen LogP contribution in [-0.2, 0) is 14.3 Å². The molecular formula is C18H24ClN3O4S. The highest BCUT2D eigenvalue weighted by atomic mass is 35.5. The maximum Gasteiger partial charge on any atom is 0.298 e. The lowest BCUT2D eigenvalue weighted by atomic mass is 10.3. The highest BCUT2D eigenvalue weighted by molar-refractivity contribution is 7.22. The van der Waals surface area contributed by atoms with Crippen molar-refractivity contribution in [2.45, 2.75) is 6.92 Å². The Morgan fingerprint density at radius 1 is 1.30 bits per heavy atom. The lowest BCUT2D eigenvalue weighted by Crippen LogP contribution is -2.38. The van der Waals surface area contributed by atoms with Crippen LogP contribution >= 0.6 is 23.7 Å². The van der Waals surface area contributed by atoms with Crippen LogP contribution in [0.5, 0.6) is 5.75 Å². The van der Waals surface area contributed by atoms with E-state index in [4.69, 9.17) is 14.2 Å². The van der Waals surface area contributed by atoms with Gasteiger partial charge in [-0.3, -0.25) is 9.69 Å². The summed E-state index contributed by atoms with van der Waals surface area (Å²) >= 11 is 1.46. The third kappa shape index (κ3) is 5.24. The van der Waals surface area contributed by atoms with E-state index in [1.807, 2.05) is 44.1 Å². The minimum atomic E-state index is -0.240. The van der Waals surface area contributed by atoms with E-state index in [1.165, 1.54) is 17.6 Å². The molecule has 27 heavy (non-hydrogen) atoms. The number of thiazole rings is 1. The second-order valence-corrected chi connectivity index (χ2v) is 7.03. The van der Waals surface area contributed by atoms with Crippen molar-refractivity contribution in [3.8, 4) is 5.75 Å². The molecule has 0 radical (unpaired) electrons. The summed E-state index contributed by atoms with van der Waals surface area (Å²) < 4.78 is 17.2. The SMILES string of the molecule is CCOc1ccc2nc(N(CCN(C)C)C(=O)C3=COCCO3)sc2c1.Cl. The summed E-state index contributed by atoms with van der Waals surface area (Å²) in [5.41, 5.74) is 0.839. The van der Waals surface area contributed by atoms with Crippen LogP contribution in [-0.4, -0.2) is 62.8 Å². The molecule has 0 saturated heterocycles. The highest BCUT2D eigenvalue weighted by Crippen LogP contribution is 2.32. The zero-order valence-electron chi connectivity index (χ0n) is 15.6. The molecule has 3 rings (SSSR count). The van der Waals surface area contributed by atoms with Gasteiger partial charge in [-0.1, -0.05) is 11.3 Å². The third-order valence-electron chi connectivity index (χ3n) is 3.77. The molecule has 1 aliphatic rings. The Hall–Kier alpha value is -2.03. The summed E-state index contributed by atoms with van der Waals surface area (Å²) in [7, 11) is 3.93. The number of hydrogen-bond donors (Lipinski definition) is 0. The van der Waals surface area contributed by atoms with E-state index in [0.717, 1.165) is 16.0 Å². The Bertz CT molecular complexity index is 809. The van der Waals surface area contributed by atoms with Crippen LogP contribution in [0.4, 0.5) is 5.13 Å². The average molecular weight is 414 g/mol. The number of halogens is 1. The van der Waals surface area contributed by atoms with Crippen LogP contribution in [0.25, 0.3) is 10.2 Å². The van der Waals surface area contributed by atoms with Crippen molar-refractivity contribution in [3.63, 3.8) is 0 Å². The van der Waals surface area contributed by atoms with Crippen LogP contribution in [0, 0.1) is 0 Å². The number of carbonyl (C=O) groups excluding carboxylic acids is 1. The summed E-state index contributed by atoms with van der Waals surface area (Å²) in [6.07, 6.45) is 1.38. The van der Waals surface area contributed by atoms with Crippen molar-refractivity contribution in [2.24, 2.45) is 0 Å². The molecule has 2 aromatic rings. The molecular weight excluding hydrogens is 390 g/mol. The first-order valence-corrected chi connectivity index (χ1v) is 9.34. The summed E-state index contributed by atoms with van der Waals surface area (Å²) in [5.74, 6) is 0.771. The maximum atomic E-state index is 12.9. The van der Waals surface area contributed by atoms with Crippen LogP contribution in [0.1, 0.15) is 6.92 Å². The van der Waals surface area contributed by atoms with Gasteiger partial charge in [0.15, 0.2) is 5.13 Å². The Morgan fingerprint density at radius 3 is 2.78 bits per heavy atom. The van der Waals surface area contributed by atoms with Crippen molar-refractivity contribution in [2.75, 3.05) is 51.9 Å². The zero-order chi connectivity index (χ0) is 18.5. The molecule has 0 N–H and O–H groups in total. The molecule has 0 bridgehead atoms. The van der Waals surface area contributed by atoms with Gasteiger partial charge in [-0.25, -0.2) is 4.98 Å². The van der Waals surface area contributed by atoms with Crippen molar-refractivity contribution in [1.29, 1.82) is 0 Å². The van der Waals surface area contributed by atoms with Gasteiger partial charge in [0.25, 0.3) is 5.91 Å². The van der Waals surface area contributed by atoms with Crippen LogP contribution < -0.4 is 9.64 Å². The smallest absolute Gasteiger partial charge is 0.298 e. The predicted octanol–water partition coefficient (Wildman–Crippen LogP) is 2.90. The van der Waals surface area contributed by atoms with E-state index in [-0.39, 0.29) is 24.1 Å². The molecule has 1 amide bonds. The fourth-order valence-corrected chi connectivity index (χ4v) is 3.48. The number of likely N-dealkylation sites (N-methyl/N-ethyl adjacent to an activating group) is 1. The van der Waals surface area contributed by atoms with Gasteiger partial charge in [-0.05, 0) is 39.2 Å². The molecule has 1 aromatic heterocycles. The quantitative estimate of drug-likeness (QED) is 0.695. The number of fused-ring (bicyclic) bond motifs is 1. The molecule has 0 saturated carbocycles. The van der Waals surface area contributed by atoms with Gasteiger partial charge >= 0.3 is 0 Å². The van der Waals surface area contributed by atoms with E-state index >= 15 is 0 Å². The first-order valence-electron chi connectivity index (χ1n) is 8.53. The lowest BCUT2D eigenvalue weighted by Gasteiger charge is -2.24. The molecule has 0 fully saturated rings. The zero-order valence-corrected chi connectivity index (χ0v) is 17.3. The lowest BCUT2D eigenvalue weighted by molar-refractivity contribution is -0.119. The summed E-state index contributed by atoms with van der Waals surface area (Å²) in [6, 6.07) is 5.75. The van der Waals surface area contributed by atoms with Crippen molar-refractivity contribution >= 4 is 45.0 Å². The number of aromatic nitrogens is 1. The topological polar surface area (TPSA) is 64.1 Å². The fraction of sp³-hybridized carbons (Fsp3) is 0.444. The number of carbonyl (C=O) groups is 1. The monoisotopic (exact) mass is 413 g/mol. The van der Waals surface area contributed by atoms with E-state index in [2.05, 4.69) is 4.98 Å². The Balaban J connectivity index is 0.00000261. The van der Waals surface area contributed by atoms with Crippen molar-refractivity contribution in [1.82, 2.24) is 9.88 Å². The fourth-order valence-electron chi connectivity index (χ4n) is 2.46. The third-order valence-corrected chi connectivity index (χ3v) is 4.81. The van der Waals surface area contributed by atoms with Gasteiger partial charge in [0.2, 0.25) is 5.76 Å². The van der Waals surface area contributed by atoms with Crippen molar-refractivity contribution < 1.29 is 19.0 Å². The molecule has 2 heterocycles. The Kier molecular flexibility index (Phi) is 7.70. The maximum absolute atomic E-state index is 12.9. The van der Waals surface area contributed by atoms with Gasteiger partial charge in [0.1, 0.15) is 25.2 Å². The number of amides is 1. The second kappa shape index (κ2) is 9.77. The van der Waals surface area contributed by atoms with Gasteiger partial charge < -0.3 is 19.1 Å². The molecule has 0 atom stereocenters.